The topological polar surface area (TPSA) is 59.9 Å². The van der Waals surface area contributed by atoms with Gasteiger partial charge in [0.05, 0.1) is 12.6 Å². The predicted molar refractivity (Wildman–Crippen MR) is 93.3 cm³/mol. The first-order valence-corrected chi connectivity index (χ1v) is 8.46. The Morgan fingerprint density at radius 3 is 2.91 bits per heavy atom. The summed E-state index contributed by atoms with van der Waals surface area (Å²) in [7, 11) is 1.66. The van der Waals surface area contributed by atoms with Crippen LogP contribution in [0, 0.1) is 6.92 Å². The number of aromatic amines is 1. The van der Waals surface area contributed by atoms with Crippen LogP contribution in [0.3, 0.4) is 0 Å². The van der Waals surface area contributed by atoms with Crippen LogP contribution in [0.15, 0.2) is 40.3 Å². The van der Waals surface area contributed by atoms with E-state index in [2.05, 4.69) is 9.97 Å². The first-order chi connectivity index (χ1) is 11.1. The minimum Gasteiger partial charge on any atom is -0.497 e. The van der Waals surface area contributed by atoms with E-state index in [-0.39, 0.29) is 5.56 Å². The van der Waals surface area contributed by atoms with E-state index in [1.807, 2.05) is 44.2 Å². The Labute approximate surface area is 138 Å². The highest BCUT2D eigenvalue weighted by Gasteiger charge is 2.12. The highest BCUT2D eigenvalue weighted by atomic mass is 32.2. The lowest BCUT2D eigenvalue weighted by molar-refractivity contribution is 0.414. The van der Waals surface area contributed by atoms with Crippen LogP contribution in [0.25, 0.3) is 11.0 Å². The number of hydrogen-bond acceptors (Lipinski definition) is 4. The molecule has 0 unspecified atom stereocenters. The van der Waals surface area contributed by atoms with Crippen LogP contribution < -0.4 is 10.3 Å². The third-order valence-corrected chi connectivity index (χ3v) is 4.70. The Balaban J connectivity index is 1.94. The van der Waals surface area contributed by atoms with Gasteiger partial charge in [-0.2, -0.15) is 0 Å². The molecular formula is C17H19N3O2S. The second kappa shape index (κ2) is 6.50. The van der Waals surface area contributed by atoms with Crippen LogP contribution in [0.5, 0.6) is 5.75 Å². The zero-order valence-electron chi connectivity index (χ0n) is 13.4. The van der Waals surface area contributed by atoms with Gasteiger partial charge in [0.1, 0.15) is 11.3 Å². The van der Waals surface area contributed by atoms with Gasteiger partial charge in [0.15, 0.2) is 5.16 Å². The van der Waals surface area contributed by atoms with Crippen molar-refractivity contribution in [2.75, 3.05) is 7.11 Å². The van der Waals surface area contributed by atoms with Gasteiger partial charge in [-0.15, -0.1) is 0 Å². The Bertz CT molecular complexity index is 898. The number of aryl methyl sites for hydroxylation is 1. The van der Waals surface area contributed by atoms with Crippen LogP contribution in [-0.2, 0) is 12.3 Å². The molecule has 1 aromatic carbocycles. The van der Waals surface area contributed by atoms with Crippen molar-refractivity contribution in [2.24, 2.45) is 0 Å². The molecule has 2 heterocycles. The van der Waals surface area contributed by atoms with Gasteiger partial charge in [0.25, 0.3) is 5.56 Å². The van der Waals surface area contributed by atoms with E-state index in [0.29, 0.717) is 12.1 Å². The summed E-state index contributed by atoms with van der Waals surface area (Å²) >= 11 is 1.56. The molecule has 0 radical (unpaired) electrons. The van der Waals surface area contributed by atoms with Crippen molar-refractivity contribution in [3.63, 3.8) is 0 Å². The first kappa shape index (κ1) is 15.7. The summed E-state index contributed by atoms with van der Waals surface area (Å²) in [5.74, 6) is 1.57. The fraction of sp³-hybridized carbons (Fsp3) is 0.294. The largest absolute Gasteiger partial charge is 0.497 e. The number of hydrogen-bond donors (Lipinski definition) is 1. The second-order valence-corrected chi connectivity index (χ2v) is 6.24. The molecule has 0 atom stereocenters. The molecule has 120 valence electrons. The summed E-state index contributed by atoms with van der Waals surface area (Å²) in [6, 6.07) is 9.84. The number of benzene rings is 1. The second-order valence-electron chi connectivity index (χ2n) is 5.30. The standard InChI is InChI=1S/C17H19N3O2S/c1-4-20-16(21)15-14(8-11(2)18-15)19-17(20)23-10-12-6-5-7-13(9-12)22-3/h5-9,18H,4,10H2,1-3H3. The molecule has 0 saturated carbocycles. The lowest BCUT2D eigenvalue weighted by atomic mass is 10.2. The molecule has 3 aromatic rings. The Morgan fingerprint density at radius 1 is 1.35 bits per heavy atom. The summed E-state index contributed by atoms with van der Waals surface area (Å²) < 4.78 is 6.96. The average molecular weight is 329 g/mol. The van der Waals surface area contributed by atoms with Gasteiger partial charge in [0.2, 0.25) is 0 Å². The summed E-state index contributed by atoms with van der Waals surface area (Å²) in [5.41, 5.74) is 3.37. The molecule has 0 amide bonds. The van der Waals surface area contributed by atoms with E-state index in [9.17, 15) is 4.79 Å². The number of methoxy groups -OCH3 is 1. The highest BCUT2D eigenvalue weighted by Crippen LogP contribution is 2.24. The normalized spacial score (nSPS) is 11.1. The molecule has 0 spiro atoms. The summed E-state index contributed by atoms with van der Waals surface area (Å²) in [4.78, 5) is 20.3. The Morgan fingerprint density at radius 2 is 2.17 bits per heavy atom. The van der Waals surface area contributed by atoms with Crippen molar-refractivity contribution in [3.8, 4) is 5.75 Å². The van der Waals surface area contributed by atoms with Crippen molar-refractivity contribution in [1.82, 2.24) is 14.5 Å². The lowest BCUT2D eigenvalue weighted by Gasteiger charge is -2.10. The molecule has 0 saturated heterocycles. The van der Waals surface area contributed by atoms with Crippen LogP contribution in [0.1, 0.15) is 18.2 Å². The molecule has 5 nitrogen and oxygen atoms in total. The van der Waals surface area contributed by atoms with E-state index in [1.165, 1.54) is 0 Å². The number of nitrogens with one attached hydrogen (secondary N) is 1. The van der Waals surface area contributed by atoms with Gasteiger partial charge in [-0.1, -0.05) is 23.9 Å². The maximum absolute atomic E-state index is 12.6. The monoisotopic (exact) mass is 329 g/mol. The number of fused-ring (bicyclic) bond motifs is 1. The molecule has 0 fully saturated rings. The fourth-order valence-corrected chi connectivity index (χ4v) is 3.52. The summed E-state index contributed by atoms with van der Waals surface area (Å²) in [6.07, 6.45) is 0. The van der Waals surface area contributed by atoms with Gasteiger partial charge in [0, 0.05) is 18.0 Å². The number of ether oxygens (including phenoxy) is 1. The maximum Gasteiger partial charge on any atom is 0.278 e. The Hall–Kier alpha value is -2.21. The maximum atomic E-state index is 12.6. The van der Waals surface area contributed by atoms with Crippen LogP contribution in [0.4, 0.5) is 0 Å². The van der Waals surface area contributed by atoms with Crippen molar-refractivity contribution < 1.29 is 4.74 Å². The Kier molecular flexibility index (Phi) is 4.43. The molecule has 1 N–H and O–H groups in total. The van der Waals surface area contributed by atoms with Crippen LogP contribution in [0.2, 0.25) is 0 Å². The van der Waals surface area contributed by atoms with Gasteiger partial charge < -0.3 is 9.72 Å². The van der Waals surface area contributed by atoms with Crippen molar-refractivity contribution in [2.45, 2.75) is 31.3 Å². The zero-order chi connectivity index (χ0) is 16.4. The molecule has 0 aliphatic heterocycles. The third kappa shape index (κ3) is 3.12. The fourth-order valence-electron chi connectivity index (χ4n) is 2.51. The van der Waals surface area contributed by atoms with Crippen LogP contribution >= 0.6 is 11.8 Å². The quantitative estimate of drug-likeness (QED) is 0.576. The predicted octanol–water partition coefficient (Wildman–Crippen LogP) is 3.35. The van der Waals surface area contributed by atoms with Crippen LogP contribution in [-0.4, -0.2) is 21.6 Å². The van der Waals surface area contributed by atoms with E-state index in [4.69, 9.17) is 4.74 Å². The molecule has 0 bridgehead atoms. The smallest absolute Gasteiger partial charge is 0.278 e. The number of thioether (sulfide) groups is 1. The summed E-state index contributed by atoms with van der Waals surface area (Å²) in [6.45, 7) is 4.49. The zero-order valence-corrected chi connectivity index (χ0v) is 14.2. The van der Waals surface area contributed by atoms with Gasteiger partial charge >= 0.3 is 0 Å². The molecule has 6 heteroatoms. The molecular weight excluding hydrogens is 310 g/mol. The lowest BCUT2D eigenvalue weighted by Crippen LogP contribution is -2.22. The number of aromatic nitrogens is 3. The van der Waals surface area contributed by atoms with E-state index in [0.717, 1.165) is 33.4 Å². The van der Waals surface area contributed by atoms with Gasteiger partial charge in [-0.3, -0.25) is 9.36 Å². The van der Waals surface area contributed by atoms with Crippen molar-refractivity contribution in [1.29, 1.82) is 0 Å². The number of nitrogens with zero attached hydrogens (tertiary/aromatic N) is 2. The third-order valence-electron chi connectivity index (χ3n) is 3.66. The number of rotatable bonds is 5. The molecule has 3 rings (SSSR count). The SMILES string of the molecule is CCn1c(SCc2cccc(OC)c2)nc2cc(C)[nH]c2c1=O. The van der Waals surface area contributed by atoms with E-state index >= 15 is 0 Å². The molecule has 0 aliphatic carbocycles. The average Bonchev–Trinajstić information content (AvgIpc) is 2.94. The van der Waals surface area contributed by atoms with Gasteiger partial charge in [-0.05, 0) is 37.6 Å². The van der Waals surface area contributed by atoms with Crippen molar-refractivity contribution in [3.05, 3.63) is 51.9 Å². The number of H-pyrrole nitrogens is 1. The highest BCUT2D eigenvalue weighted by molar-refractivity contribution is 7.98. The first-order valence-electron chi connectivity index (χ1n) is 7.48. The van der Waals surface area contributed by atoms with Crippen molar-refractivity contribution >= 4 is 22.8 Å². The minimum atomic E-state index is -0.0151. The molecule has 2 aromatic heterocycles. The van der Waals surface area contributed by atoms with E-state index in [1.54, 1.807) is 23.4 Å². The molecule has 0 aliphatic rings. The van der Waals surface area contributed by atoms with E-state index < -0.39 is 0 Å². The molecule has 23 heavy (non-hydrogen) atoms. The summed E-state index contributed by atoms with van der Waals surface area (Å²) in [5, 5.41) is 0.742. The van der Waals surface area contributed by atoms with Gasteiger partial charge in [-0.25, -0.2) is 4.98 Å². The minimum absolute atomic E-state index is 0.0151.